The van der Waals surface area contributed by atoms with E-state index < -0.39 is 0 Å². The number of thiophene rings is 1. The first-order valence-corrected chi connectivity index (χ1v) is 12.0. The van der Waals surface area contributed by atoms with Crippen LogP contribution in [0, 0.1) is 13.8 Å². The second kappa shape index (κ2) is 8.83. The number of aromatic nitrogens is 3. The molecule has 0 unspecified atom stereocenters. The number of amides is 1. The Balaban J connectivity index is 1.52. The van der Waals surface area contributed by atoms with Crippen LogP contribution in [0.3, 0.4) is 0 Å². The van der Waals surface area contributed by atoms with E-state index in [0.29, 0.717) is 16.0 Å². The van der Waals surface area contributed by atoms with Gasteiger partial charge in [0.15, 0.2) is 0 Å². The number of hydrogen-bond donors (Lipinski definition) is 1. The first-order chi connectivity index (χ1) is 16.5. The van der Waals surface area contributed by atoms with Gasteiger partial charge in [0.1, 0.15) is 21.9 Å². The first-order valence-electron chi connectivity index (χ1n) is 11.2. The van der Waals surface area contributed by atoms with Crippen molar-refractivity contribution < 1.29 is 4.79 Å². The minimum Gasteiger partial charge on any atom is -0.324 e. The lowest BCUT2D eigenvalue weighted by Crippen LogP contribution is -2.30. The summed E-state index contributed by atoms with van der Waals surface area (Å²) in [5, 5.41) is 3.85. The van der Waals surface area contributed by atoms with Crippen LogP contribution in [0.5, 0.6) is 0 Å². The average molecular weight is 469 g/mol. The van der Waals surface area contributed by atoms with Crippen LogP contribution in [0.2, 0.25) is 0 Å². The summed E-state index contributed by atoms with van der Waals surface area (Å²) in [5.41, 5.74) is 5.16. The van der Waals surface area contributed by atoms with E-state index in [2.05, 4.69) is 12.2 Å². The molecule has 7 heteroatoms. The van der Waals surface area contributed by atoms with Gasteiger partial charge in [0.2, 0.25) is 5.91 Å². The summed E-state index contributed by atoms with van der Waals surface area (Å²) >= 11 is 1.32. The molecule has 0 radical (unpaired) electrons. The Hall–Kier alpha value is -3.84. The highest BCUT2D eigenvalue weighted by Crippen LogP contribution is 2.31. The molecule has 0 aliphatic carbocycles. The summed E-state index contributed by atoms with van der Waals surface area (Å²) in [7, 11) is 0. The summed E-state index contributed by atoms with van der Waals surface area (Å²) in [5.74, 6) is 0.251. The minimum atomic E-state index is -0.249. The van der Waals surface area contributed by atoms with Gasteiger partial charge in [-0.1, -0.05) is 55.5 Å². The molecule has 0 aliphatic rings. The van der Waals surface area contributed by atoms with Crippen molar-refractivity contribution in [2.75, 3.05) is 5.32 Å². The number of fused-ring (bicyclic) bond motifs is 3. The Morgan fingerprint density at radius 1 is 1.00 bits per heavy atom. The average Bonchev–Trinajstić information content (AvgIpc) is 3.21. The predicted octanol–water partition coefficient (Wildman–Crippen LogP) is 5.49. The molecule has 1 N–H and O–H groups in total. The van der Waals surface area contributed by atoms with Crippen molar-refractivity contribution in [3.8, 4) is 11.3 Å². The Bertz CT molecular complexity index is 1600. The van der Waals surface area contributed by atoms with E-state index in [0.717, 1.165) is 44.7 Å². The lowest BCUT2D eigenvalue weighted by Gasteiger charge is -2.14. The standard InChI is InChI=1S/C27H24N4O2S/c1-4-18-12-8-9-16(2)23(18)30-22(32)15-31-17(3)28-24-20-13-14-21(19-10-6-5-7-11-19)29-26(20)34-25(24)27(31)33/h5-14H,4,15H2,1-3H3,(H,30,32). The fourth-order valence-electron chi connectivity index (χ4n) is 4.19. The van der Waals surface area contributed by atoms with Crippen molar-refractivity contribution >= 4 is 43.4 Å². The molecule has 2 aromatic carbocycles. The number of nitrogens with zero attached hydrogens (tertiary/aromatic N) is 3. The van der Waals surface area contributed by atoms with Crippen molar-refractivity contribution in [3.05, 3.63) is 88.0 Å². The largest absolute Gasteiger partial charge is 0.324 e. The molecule has 34 heavy (non-hydrogen) atoms. The molecule has 0 saturated carbocycles. The van der Waals surface area contributed by atoms with Crippen LogP contribution in [0.1, 0.15) is 23.9 Å². The van der Waals surface area contributed by atoms with Crippen LogP contribution in [0.25, 0.3) is 31.7 Å². The Morgan fingerprint density at radius 3 is 2.56 bits per heavy atom. The van der Waals surface area contributed by atoms with Crippen LogP contribution < -0.4 is 10.9 Å². The van der Waals surface area contributed by atoms with E-state index in [1.54, 1.807) is 6.92 Å². The van der Waals surface area contributed by atoms with Crippen LogP contribution in [0.15, 0.2) is 65.5 Å². The molecule has 0 bridgehead atoms. The topological polar surface area (TPSA) is 76.9 Å². The highest BCUT2D eigenvalue weighted by atomic mass is 32.1. The maximum absolute atomic E-state index is 13.4. The van der Waals surface area contributed by atoms with E-state index >= 15 is 0 Å². The molecule has 1 amide bonds. The fourth-order valence-corrected chi connectivity index (χ4v) is 5.26. The van der Waals surface area contributed by atoms with Crippen molar-refractivity contribution in [1.29, 1.82) is 0 Å². The summed E-state index contributed by atoms with van der Waals surface area (Å²) in [4.78, 5) is 36.5. The molecule has 0 aliphatic heterocycles. The van der Waals surface area contributed by atoms with Gasteiger partial charge in [-0.3, -0.25) is 14.2 Å². The molecule has 5 rings (SSSR count). The van der Waals surface area contributed by atoms with Gasteiger partial charge in [-0.05, 0) is 43.5 Å². The van der Waals surface area contributed by atoms with Gasteiger partial charge < -0.3 is 5.32 Å². The number of hydrogen-bond acceptors (Lipinski definition) is 5. The van der Waals surface area contributed by atoms with Gasteiger partial charge in [0.05, 0.1) is 11.2 Å². The molecule has 5 aromatic rings. The second-order valence-corrected chi connectivity index (χ2v) is 9.26. The molecular formula is C27H24N4O2S. The Kier molecular flexibility index (Phi) is 5.71. The van der Waals surface area contributed by atoms with Crippen molar-refractivity contribution in [2.24, 2.45) is 0 Å². The number of carbonyl (C=O) groups is 1. The van der Waals surface area contributed by atoms with Crippen molar-refractivity contribution in [2.45, 2.75) is 33.7 Å². The zero-order valence-corrected chi connectivity index (χ0v) is 20.1. The Morgan fingerprint density at radius 2 is 1.79 bits per heavy atom. The zero-order chi connectivity index (χ0) is 23.8. The van der Waals surface area contributed by atoms with Gasteiger partial charge in [-0.2, -0.15) is 0 Å². The van der Waals surface area contributed by atoms with Crippen LogP contribution >= 0.6 is 11.3 Å². The third kappa shape index (κ3) is 3.88. The maximum Gasteiger partial charge on any atom is 0.272 e. The highest BCUT2D eigenvalue weighted by Gasteiger charge is 2.18. The quantitative estimate of drug-likeness (QED) is 0.370. The molecule has 6 nitrogen and oxygen atoms in total. The predicted molar refractivity (Wildman–Crippen MR) is 139 cm³/mol. The summed E-state index contributed by atoms with van der Waals surface area (Å²) in [6, 6.07) is 19.8. The number of aryl methyl sites for hydroxylation is 3. The lowest BCUT2D eigenvalue weighted by molar-refractivity contribution is -0.116. The summed E-state index contributed by atoms with van der Waals surface area (Å²) in [6.07, 6.45) is 0.809. The van der Waals surface area contributed by atoms with E-state index in [4.69, 9.17) is 9.97 Å². The van der Waals surface area contributed by atoms with Crippen LogP contribution in [0.4, 0.5) is 5.69 Å². The number of rotatable bonds is 5. The first kappa shape index (κ1) is 22.0. The van der Waals surface area contributed by atoms with Crippen LogP contribution in [-0.2, 0) is 17.8 Å². The normalized spacial score (nSPS) is 11.3. The van der Waals surface area contributed by atoms with E-state index in [9.17, 15) is 9.59 Å². The molecule has 0 atom stereocenters. The van der Waals surface area contributed by atoms with Gasteiger partial charge in [0.25, 0.3) is 5.56 Å². The van der Waals surface area contributed by atoms with Gasteiger partial charge in [0, 0.05) is 16.6 Å². The van der Waals surface area contributed by atoms with Crippen molar-refractivity contribution in [1.82, 2.24) is 14.5 Å². The Labute approximate surface area is 200 Å². The number of nitrogens with one attached hydrogen (secondary N) is 1. The SMILES string of the molecule is CCc1cccc(C)c1NC(=O)Cn1c(C)nc2c(sc3nc(-c4ccccc4)ccc32)c1=O. The van der Waals surface area contributed by atoms with E-state index in [-0.39, 0.29) is 18.0 Å². The molecule has 3 heterocycles. The number of para-hydroxylation sites is 1. The molecule has 3 aromatic heterocycles. The number of carbonyl (C=O) groups excluding carboxylic acids is 1. The number of benzene rings is 2. The molecule has 0 saturated heterocycles. The molecule has 0 spiro atoms. The van der Waals surface area contributed by atoms with Crippen molar-refractivity contribution in [3.63, 3.8) is 0 Å². The zero-order valence-electron chi connectivity index (χ0n) is 19.3. The highest BCUT2D eigenvalue weighted by molar-refractivity contribution is 7.25. The second-order valence-electron chi connectivity index (χ2n) is 8.26. The molecular weight excluding hydrogens is 444 g/mol. The van der Waals surface area contributed by atoms with Gasteiger partial charge >= 0.3 is 0 Å². The maximum atomic E-state index is 13.4. The smallest absolute Gasteiger partial charge is 0.272 e. The fraction of sp³-hybridized carbons (Fsp3) is 0.185. The number of pyridine rings is 1. The molecule has 170 valence electrons. The molecule has 0 fully saturated rings. The van der Waals surface area contributed by atoms with Gasteiger partial charge in [-0.25, -0.2) is 9.97 Å². The van der Waals surface area contributed by atoms with Crippen LogP contribution in [-0.4, -0.2) is 20.4 Å². The minimum absolute atomic E-state index is 0.0952. The summed E-state index contributed by atoms with van der Waals surface area (Å²) < 4.78 is 1.95. The lowest BCUT2D eigenvalue weighted by atomic mass is 10.1. The monoisotopic (exact) mass is 468 g/mol. The third-order valence-electron chi connectivity index (χ3n) is 6.01. The van der Waals surface area contributed by atoms with E-state index in [1.165, 1.54) is 15.9 Å². The summed E-state index contributed by atoms with van der Waals surface area (Å²) in [6.45, 7) is 5.68. The number of anilines is 1. The van der Waals surface area contributed by atoms with E-state index in [1.807, 2.05) is 67.6 Å². The van der Waals surface area contributed by atoms with Gasteiger partial charge in [-0.15, -0.1) is 11.3 Å². The third-order valence-corrected chi connectivity index (χ3v) is 7.09.